The summed E-state index contributed by atoms with van der Waals surface area (Å²) in [6.45, 7) is 5.66. The van der Waals surface area contributed by atoms with Gasteiger partial charge in [0.15, 0.2) is 0 Å². The lowest BCUT2D eigenvalue weighted by Gasteiger charge is -2.42. The van der Waals surface area contributed by atoms with E-state index in [9.17, 15) is 5.26 Å². The van der Waals surface area contributed by atoms with Crippen LogP contribution in [-0.4, -0.2) is 36.7 Å². The Hall–Kier alpha value is -0.590. The van der Waals surface area contributed by atoms with Crippen LogP contribution in [-0.2, 0) is 4.74 Å². The van der Waals surface area contributed by atoms with Crippen molar-refractivity contribution >= 4 is 0 Å². The predicted octanol–water partition coefficient (Wildman–Crippen LogP) is 1.79. The van der Waals surface area contributed by atoms with Gasteiger partial charge in [-0.15, -0.1) is 0 Å². The Morgan fingerprint density at radius 2 is 2.20 bits per heavy atom. The van der Waals surface area contributed by atoms with Crippen molar-refractivity contribution in [3.8, 4) is 6.07 Å². The molecule has 0 amide bonds. The molecule has 3 heteroatoms. The lowest BCUT2D eigenvalue weighted by atomic mass is 9.84. The van der Waals surface area contributed by atoms with Crippen LogP contribution in [0.5, 0.6) is 0 Å². The second-order valence-corrected chi connectivity index (χ2v) is 4.63. The summed E-state index contributed by atoms with van der Waals surface area (Å²) in [6.07, 6.45) is 4.62. The van der Waals surface area contributed by atoms with Crippen LogP contribution in [0.1, 0.15) is 32.6 Å². The third kappa shape index (κ3) is 1.77. The summed E-state index contributed by atoms with van der Waals surface area (Å²) in [5.74, 6) is 0.570. The summed E-state index contributed by atoms with van der Waals surface area (Å²) in [4.78, 5) is 2.37. The molecule has 1 saturated heterocycles. The van der Waals surface area contributed by atoms with Crippen LogP contribution in [0.15, 0.2) is 0 Å². The van der Waals surface area contributed by atoms with Gasteiger partial charge in [0.2, 0.25) is 0 Å². The summed E-state index contributed by atoms with van der Waals surface area (Å²) in [5, 5.41) is 9.54. The highest BCUT2D eigenvalue weighted by Crippen LogP contribution is 2.42. The van der Waals surface area contributed by atoms with Crippen molar-refractivity contribution in [2.45, 2.75) is 38.1 Å². The second kappa shape index (κ2) is 4.51. The molecule has 1 aliphatic heterocycles. The predicted molar refractivity (Wildman–Crippen MR) is 58.4 cm³/mol. The number of morpholine rings is 1. The van der Waals surface area contributed by atoms with E-state index < -0.39 is 0 Å². The van der Waals surface area contributed by atoms with Crippen molar-refractivity contribution in [2.24, 2.45) is 5.92 Å². The highest BCUT2D eigenvalue weighted by atomic mass is 16.5. The topological polar surface area (TPSA) is 36.3 Å². The minimum atomic E-state index is -0.168. The highest BCUT2D eigenvalue weighted by Gasteiger charge is 2.47. The van der Waals surface area contributed by atoms with E-state index in [1.807, 2.05) is 0 Å². The Morgan fingerprint density at radius 1 is 1.47 bits per heavy atom. The molecule has 2 atom stereocenters. The maximum absolute atomic E-state index is 9.54. The monoisotopic (exact) mass is 208 g/mol. The van der Waals surface area contributed by atoms with Crippen LogP contribution in [0.2, 0.25) is 0 Å². The Kier molecular flexibility index (Phi) is 3.28. The normalized spacial score (nSPS) is 37.7. The fraction of sp³-hybridized carbons (Fsp3) is 0.917. The SMILES string of the molecule is CCC1CCCC1(C#N)N1CCOCC1. The molecule has 0 aromatic rings. The van der Waals surface area contributed by atoms with Gasteiger partial charge in [-0.3, -0.25) is 4.90 Å². The molecule has 1 heterocycles. The molecule has 2 fully saturated rings. The van der Waals surface area contributed by atoms with Crippen LogP contribution >= 0.6 is 0 Å². The molecule has 2 unspecified atom stereocenters. The minimum absolute atomic E-state index is 0.168. The molecular formula is C12H20N2O. The van der Waals surface area contributed by atoms with Crippen LogP contribution < -0.4 is 0 Å². The fourth-order valence-corrected chi connectivity index (χ4v) is 3.20. The quantitative estimate of drug-likeness (QED) is 0.694. The first-order valence-electron chi connectivity index (χ1n) is 6.07. The Bertz CT molecular complexity index is 255. The lowest BCUT2D eigenvalue weighted by Crippen LogP contribution is -2.54. The van der Waals surface area contributed by atoms with Crippen LogP contribution in [0.3, 0.4) is 0 Å². The van der Waals surface area contributed by atoms with E-state index in [4.69, 9.17) is 4.74 Å². The molecule has 0 spiro atoms. The van der Waals surface area contributed by atoms with Crippen molar-refractivity contribution in [3.05, 3.63) is 0 Å². The lowest BCUT2D eigenvalue weighted by molar-refractivity contribution is -0.0161. The smallest absolute Gasteiger partial charge is 0.112 e. The number of rotatable bonds is 2. The summed E-state index contributed by atoms with van der Waals surface area (Å²) in [7, 11) is 0. The van der Waals surface area contributed by atoms with Gasteiger partial charge < -0.3 is 4.74 Å². The van der Waals surface area contributed by atoms with Crippen LogP contribution in [0, 0.1) is 17.2 Å². The third-order valence-corrected chi connectivity index (χ3v) is 4.05. The average Bonchev–Trinajstić information content (AvgIpc) is 2.74. The second-order valence-electron chi connectivity index (χ2n) is 4.63. The minimum Gasteiger partial charge on any atom is -0.379 e. The van der Waals surface area contributed by atoms with Gasteiger partial charge in [0.05, 0.1) is 19.3 Å². The van der Waals surface area contributed by atoms with E-state index in [1.165, 1.54) is 12.8 Å². The summed E-state index contributed by atoms with van der Waals surface area (Å²) < 4.78 is 5.37. The van der Waals surface area contributed by atoms with Crippen LogP contribution in [0.25, 0.3) is 0 Å². The van der Waals surface area contributed by atoms with E-state index in [1.54, 1.807) is 0 Å². The largest absolute Gasteiger partial charge is 0.379 e. The molecule has 0 aromatic heterocycles. The number of ether oxygens (including phenoxy) is 1. The van der Waals surface area contributed by atoms with Crippen molar-refractivity contribution < 1.29 is 4.74 Å². The summed E-state index contributed by atoms with van der Waals surface area (Å²) >= 11 is 0. The van der Waals surface area contributed by atoms with E-state index in [0.717, 1.165) is 39.1 Å². The average molecular weight is 208 g/mol. The molecule has 0 radical (unpaired) electrons. The van der Waals surface area contributed by atoms with E-state index in [0.29, 0.717) is 5.92 Å². The van der Waals surface area contributed by atoms with Gasteiger partial charge in [0.25, 0.3) is 0 Å². The number of hydrogen-bond acceptors (Lipinski definition) is 3. The molecule has 0 N–H and O–H groups in total. The highest BCUT2D eigenvalue weighted by molar-refractivity contribution is 5.15. The Balaban J connectivity index is 2.16. The molecule has 0 aromatic carbocycles. The molecule has 2 aliphatic rings. The van der Waals surface area contributed by atoms with Gasteiger partial charge in [0, 0.05) is 13.1 Å². The zero-order valence-electron chi connectivity index (χ0n) is 9.54. The first kappa shape index (κ1) is 10.9. The van der Waals surface area contributed by atoms with Crippen molar-refractivity contribution in [2.75, 3.05) is 26.3 Å². The molecule has 2 rings (SSSR count). The third-order valence-electron chi connectivity index (χ3n) is 4.05. The summed E-state index contributed by atoms with van der Waals surface area (Å²) in [6, 6.07) is 2.62. The number of nitriles is 1. The standard InChI is InChI=1S/C12H20N2O/c1-2-11-4-3-5-12(11,10-13)14-6-8-15-9-7-14/h11H,2-9H2,1H3. The van der Waals surface area contributed by atoms with Gasteiger partial charge >= 0.3 is 0 Å². The zero-order chi connectivity index (χ0) is 10.7. The first-order chi connectivity index (χ1) is 7.33. The fourth-order valence-electron chi connectivity index (χ4n) is 3.20. The zero-order valence-corrected chi connectivity index (χ0v) is 9.54. The van der Waals surface area contributed by atoms with Gasteiger partial charge in [0.1, 0.15) is 5.54 Å². The molecule has 15 heavy (non-hydrogen) atoms. The van der Waals surface area contributed by atoms with E-state index in [2.05, 4.69) is 17.9 Å². The van der Waals surface area contributed by atoms with E-state index >= 15 is 0 Å². The van der Waals surface area contributed by atoms with Crippen molar-refractivity contribution in [1.29, 1.82) is 5.26 Å². The Morgan fingerprint density at radius 3 is 2.80 bits per heavy atom. The molecule has 1 saturated carbocycles. The van der Waals surface area contributed by atoms with Gasteiger partial charge in [-0.05, 0) is 18.8 Å². The van der Waals surface area contributed by atoms with E-state index in [-0.39, 0.29) is 5.54 Å². The first-order valence-corrected chi connectivity index (χ1v) is 6.07. The maximum Gasteiger partial charge on any atom is 0.112 e. The van der Waals surface area contributed by atoms with Crippen molar-refractivity contribution in [1.82, 2.24) is 4.90 Å². The van der Waals surface area contributed by atoms with Gasteiger partial charge in [-0.1, -0.05) is 19.8 Å². The number of hydrogen-bond donors (Lipinski definition) is 0. The molecule has 0 bridgehead atoms. The van der Waals surface area contributed by atoms with Gasteiger partial charge in [-0.25, -0.2) is 0 Å². The molecule has 1 aliphatic carbocycles. The summed E-state index contributed by atoms with van der Waals surface area (Å²) in [5.41, 5.74) is -0.168. The maximum atomic E-state index is 9.54. The van der Waals surface area contributed by atoms with Gasteiger partial charge in [-0.2, -0.15) is 5.26 Å². The van der Waals surface area contributed by atoms with Crippen molar-refractivity contribution in [3.63, 3.8) is 0 Å². The Labute approximate surface area is 92.0 Å². The molecule has 84 valence electrons. The molecular weight excluding hydrogens is 188 g/mol. The molecule has 3 nitrogen and oxygen atoms in total. The number of nitrogens with zero attached hydrogens (tertiary/aromatic N) is 2. The van der Waals surface area contributed by atoms with Crippen LogP contribution in [0.4, 0.5) is 0 Å².